The lowest BCUT2D eigenvalue weighted by Crippen LogP contribution is -1.99. The second-order valence-electron chi connectivity index (χ2n) is 2.69. The van der Waals surface area contributed by atoms with Gasteiger partial charge in [-0.15, -0.1) is 0 Å². The molecule has 0 amide bonds. The lowest BCUT2D eigenvalue weighted by atomic mass is 10.1. The molecule has 0 fully saturated rings. The third-order valence-electron chi connectivity index (χ3n) is 1.67. The first-order valence-electron chi connectivity index (χ1n) is 4.00. The van der Waals surface area contributed by atoms with Gasteiger partial charge in [-0.1, -0.05) is 6.92 Å². The van der Waals surface area contributed by atoms with E-state index in [1.807, 2.05) is 0 Å². The van der Waals surface area contributed by atoms with E-state index in [2.05, 4.69) is 0 Å². The lowest BCUT2D eigenvalue weighted by Gasteiger charge is -2.07. The van der Waals surface area contributed by atoms with E-state index in [1.54, 1.807) is 6.92 Å². The smallest absolute Gasteiger partial charge is 0.446 e. The monoisotopic (exact) mass is 222 g/mol. The van der Waals surface area contributed by atoms with Crippen LogP contribution in [0.4, 0.5) is 13.2 Å². The molecule has 1 rings (SSSR count). The summed E-state index contributed by atoms with van der Waals surface area (Å²) < 4.78 is 35.9. The summed E-state index contributed by atoms with van der Waals surface area (Å²) >= 11 is -0.172. The minimum absolute atomic E-state index is 0.0408. The second kappa shape index (κ2) is 4.13. The predicted octanol–water partition coefficient (Wildman–Crippen LogP) is 3.57. The third-order valence-corrected chi connectivity index (χ3v) is 2.39. The summed E-state index contributed by atoms with van der Waals surface area (Å²) in [6, 6.07) is 3.90. The van der Waals surface area contributed by atoms with Crippen molar-refractivity contribution in [1.29, 1.82) is 0 Å². The summed E-state index contributed by atoms with van der Waals surface area (Å²) in [7, 11) is 0. The molecule has 0 aromatic heterocycles. The van der Waals surface area contributed by atoms with Crippen LogP contribution in [0.15, 0.2) is 23.1 Å². The number of phenolic OH excluding ortho intramolecular Hbond substituents is 1. The van der Waals surface area contributed by atoms with Gasteiger partial charge in [-0.25, -0.2) is 0 Å². The molecule has 0 aliphatic carbocycles. The van der Waals surface area contributed by atoms with Crippen molar-refractivity contribution < 1.29 is 18.3 Å². The fourth-order valence-corrected chi connectivity index (χ4v) is 1.65. The number of aryl methyl sites for hydroxylation is 1. The molecule has 0 aliphatic rings. The van der Waals surface area contributed by atoms with Crippen LogP contribution in [0.3, 0.4) is 0 Å². The molecule has 1 nitrogen and oxygen atoms in total. The van der Waals surface area contributed by atoms with Gasteiger partial charge in [-0.3, -0.25) is 0 Å². The van der Waals surface area contributed by atoms with Crippen molar-refractivity contribution in [3.63, 3.8) is 0 Å². The Kier molecular flexibility index (Phi) is 3.31. The van der Waals surface area contributed by atoms with E-state index in [1.165, 1.54) is 18.2 Å². The highest BCUT2D eigenvalue weighted by Gasteiger charge is 2.29. The molecule has 0 saturated heterocycles. The number of hydrogen-bond acceptors (Lipinski definition) is 2. The van der Waals surface area contributed by atoms with Crippen molar-refractivity contribution in [2.75, 3.05) is 0 Å². The van der Waals surface area contributed by atoms with E-state index in [0.717, 1.165) is 0 Å². The molecule has 0 spiro atoms. The molecule has 0 unspecified atom stereocenters. The summed E-state index contributed by atoms with van der Waals surface area (Å²) in [6.07, 6.45) is 0.512. The zero-order valence-corrected chi connectivity index (χ0v) is 8.25. The first-order valence-corrected chi connectivity index (χ1v) is 4.81. The van der Waals surface area contributed by atoms with Crippen LogP contribution in [-0.4, -0.2) is 10.6 Å². The molecule has 14 heavy (non-hydrogen) atoms. The van der Waals surface area contributed by atoms with Gasteiger partial charge in [-0.05, 0) is 41.9 Å². The number of aromatic hydroxyl groups is 1. The van der Waals surface area contributed by atoms with Gasteiger partial charge in [0.25, 0.3) is 0 Å². The lowest BCUT2D eigenvalue weighted by molar-refractivity contribution is -0.0328. The van der Waals surface area contributed by atoms with Gasteiger partial charge in [0.1, 0.15) is 5.75 Å². The minimum Gasteiger partial charge on any atom is -0.508 e. The van der Waals surface area contributed by atoms with Crippen LogP contribution < -0.4 is 0 Å². The summed E-state index contributed by atoms with van der Waals surface area (Å²) in [5, 5.41) is 9.24. The van der Waals surface area contributed by atoms with Gasteiger partial charge in [0.05, 0.1) is 0 Å². The first-order chi connectivity index (χ1) is 6.42. The Balaban J connectivity index is 2.90. The standard InChI is InChI=1S/C9H9F3OS/c1-2-6-5-7(3-4-8(6)13)14-9(10,11)12/h3-5,13H,2H2,1H3. The Morgan fingerprint density at radius 2 is 2.00 bits per heavy atom. The van der Waals surface area contributed by atoms with Crippen molar-refractivity contribution in [2.24, 2.45) is 0 Å². The van der Waals surface area contributed by atoms with E-state index in [9.17, 15) is 18.3 Å². The summed E-state index contributed by atoms with van der Waals surface area (Å²) in [4.78, 5) is 0.104. The molecule has 0 radical (unpaired) electrons. The average Bonchev–Trinajstić information content (AvgIpc) is 2.06. The Hall–Kier alpha value is -0.840. The highest BCUT2D eigenvalue weighted by molar-refractivity contribution is 8.00. The fourth-order valence-electron chi connectivity index (χ4n) is 1.04. The van der Waals surface area contributed by atoms with E-state index in [0.29, 0.717) is 12.0 Å². The number of thioether (sulfide) groups is 1. The van der Waals surface area contributed by atoms with E-state index in [-0.39, 0.29) is 22.4 Å². The highest BCUT2D eigenvalue weighted by atomic mass is 32.2. The summed E-state index contributed by atoms with van der Waals surface area (Å²) in [5.74, 6) is 0.0408. The van der Waals surface area contributed by atoms with Gasteiger partial charge in [0, 0.05) is 4.90 Å². The van der Waals surface area contributed by atoms with Crippen molar-refractivity contribution in [2.45, 2.75) is 23.7 Å². The number of halogens is 3. The average molecular weight is 222 g/mol. The van der Waals surface area contributed by atoms with Gasteiger partial charge in [-0.2, -0.15) is 13.2 Å². The number of rotatable bonds is 2. The maximum atomic E-state index is 12.0. The Labute approximate surface area is 83.9 Å². The minimum atomic E-state index is -4.28. The molecule has 78 valence electrons. The fraction of sp³-hybridized carbons (Fsp3) is 0.333. The second-order valence-corrected chi connectivity index (χ2v) is 3.83. The maximum absolute atomic E-state index is 12.0. The molecule has 0 aliphatic heterocycles. The van der Waals surface area contributed by atoms with Crippen LogP contribution in [0.1, 0.15) is 12.5 Å². The van der Waals surface area contributed by atoms with Crippen LogP contribution in [0.25, 0.3) is 0 Å². The van der Waals surface area contributed by atoms with Gasteiger partial charge in [0.2, 0.25) is 0 Å². The molecule has 0 atom stereocenters. The molecule has 0 heterocycles. The van der Waals surface area contributed by atoms with Crippen molar-refractivity contribution in [1.82, 2.24) is 0 Å². The molecule has 0 saturated carbocycles. The molecule has 1 N–H and O–H groups in total. The summed E-state index contributed by atoms with van der Waals surface area (Å²) in [5.41, 5.74) is -3.75. The molecular formula is C9H9F3OS. The van der Waals surface area contributed by atoms with Crippen LogP contribution in [0.2, 0.25) is 0 Å². The molecule has 1 aromatic rings. The normalized spacial score (nSPS) is 11.7. The Morgan fingerprint density at radius 3 is 2.50 bits per heavy atom. The quantitative estimate of drug-likeness (QED) is 0.772. The Bertz CT molecular complexity index is 322. The zero-order chi connectivity index (χ0) is 10.8. The van der Waals surface area contributed by atoms with Gasteiger partial charge < -0.3 is 5.11 Å². The SMILES string of the molecule is CCc1cc(SC(F)(F)F)ccc1O. The number of phenols is 1. The van der Waals surface area contributed by atoms with Gasteiger partial charge >= 0.3 is 5.51 Å². The topological polar surface area (TPSA) is 20.2 Å². The van der Waals surface area contributed by atoms with Crippen LogP contribution in [0, 0.1) is 0 Å². The van der Waals surface area contributed by atoms with E-state index >= 15 is 0 Å². The van der Waals surface area contributed by atoms with Crippen LogP contribution in [0.5, 0.6) is 5.75 Å². The van der Waals surface area contributed by atoms with Crippen LogP contribution in [-0.2, 0) is 6.42 Å². The Morgan fingerprint density at radius 1 is 1.36 bits per heavy atom. The third kappa shape index (κ3) is 3.14. The van der Waals surface area contributed by atoms with Crippen molar-refractivity contribution in [3.05, 3.63) is 23.8 Å². The van der Waals surface area contributed by atoms with Gasteiger partial charge in [0.15, 0.2) is 0 Å². The highest BCUT2D eigenvalue weighted by Crippen LogP contribution is 2.38. The number of alkyl halides is 3. The van der Waals surface area contributed by atoms with Crippen molar-refractivity contribution in [3.8, 4) is 5.75 Å². The number of hydrogen-bond donors (Lipinski definition) is 1. The predicted molar refractivity (Wildman–Crippen MR) is 49.4 cm³/mol. The van der Waals surface area contributed by atoms with Crippen molar-refractivity contribution >= 4 is 11.8 Å². The number of benzene rings is 1. The molecular weight excluding hydrogens is 213 g/mol. The molecule has 1 aromatic carbocycles. The maximum Gasteiger partial charge on any atom is 0.446 e. The van der Waals surface area contributed by atoms with E-state index in [4.69, 9.17) is 0 Å². The molecule has 0 bridgehead atoms. The first kappa shape index (κ1) is 11.2. The zero-order valence-electron chi connectivity index (χ0n) is 7.43. The summed E-state index contributed by atoms with van der Waals surface area (Å²) in [6.45, 7) is 1.77. The van der Waals surface area contributed by atoms with Crippen LogP contribution >= 0.6 is 11.8 Å². The van der Waals surface area contributed by atoms with E-state index < -0.39 is 5.51 Å². The molecule has 5 heteroatoms. The largest absolute Gasteiger partial charge is 0.508 e.